The van der Waals surface area contributed by atoms with Crippen LogP contribution in [-0.2, 0) is 4.79 Å². The zero-order valence-electron chi connectivity index (χ0n) is 9.21. The molecule has 0 bridgehead atoms. The molecule has 1 rings (SSSR count). The number of aromatic nitrogens is 2. The minimum atomic E-state index is -0.0122. The van der Waals surface area contributed by atoms with E-state index in [1.807, 2.05) is 13.8 Å². The fourth-order valence-corrected chi connectivity index (χ4v) is 1.18. The van der Waals surface area contributed by atoms with Gasteiger partial charge in [0.2, 0.25) is 5.91 Å². The monoisotopic (exact) mass is 210 g/mol. The Balaban J connectivity index is 2.30. The van der Waals surface area contributed by atoms with Crippen molar-refractivity contribution in [2.24, 2.45) is 11.7 Å². The number of nitrogens with zero attached hydrogens (tertiary/aromatic N) is 1. The largest absolute Gasteiger partial charge is 0.330 e. The maximum absolute atomic E-state index is 11.4. The van der Waals surface area contributed by atoms with Gasteiger partial charge in [-0.1, -0.05) is 6.92 Å². The van der Waals surface area contributed by atoms with Crippen molar-refractivity contribution >= 4 is 11.7 Å². The van der Waals surface area contributed by atoms with Gasteiger partial charge >= 0.3 is 0 Å². The third-order valence-corrected chi connectivity index (χ3v) is 2.24. The molecular weight excluding hydrogens is 192 g/mol. The highest BCUT2D eigenvalue weighted by Gasteiger charge is 2.07. The van der Waals surface area contributed by atoms with Gasteiger partial charge in [-0.3, -0.25) is 9.89 Å². The first-order valence-electron chi connectivity index (χ1n) is 5.13. The highest BCUT2D eigenvalue weighted by atomic mass is 16.1. The van der Waals surface area contributed by atoms with Crippen molar-refractivity contribution in [2.45, 2.75) is 26.7 Å². The number of nitrogens with one attached hydrogen (secondary N) is 2. The Hall–Kier alpha value is -1.36. The van der Waals surface area contributed by atoms with Gasteiger partial charge in [-0.2, -0.15) is 5.10 Å². The minimum absolute atomic E-state index is 0.0122. The molecule has 0 aromatic carbocycles. The van der Waals surface area contributed by atoms with Crippen molar-refractivity contribution < 1.29 is 4.79 Å². The van der Waals surface area contributed by atoms with E-state index in [9.17, 15) is 4.79 Å². The van der Waals surface area contributed by atoms with Gasteiger partial charge in [0, 0.05) is 18.2 Å². The Morgan fingerprint density at radius 2 is 2.47 bits per heavy atom. The van der Waals surface area contributed by atoms with Crippen molar-refractivity contribution in [3.05, 3.63) is 11.8 Å². The van der Waals surface area contributed by atoms with Crippen molar-refractivity contribution in [2.75, 3.05) is 11.9 Å². The molecule has 1 amide bonds. The summed E-state index contributed by atoms with van der Waals surface area (Å²) in [5.74, 6) is 0.955. The van der Waals surface area contributed by atoms with Gasteiger partial charge in [0.25, 0.3) is 0 Å². The maximum Gasteiger partial charge on any atom is 0.225 e. The second-order valence-corrected chi connectivity index (χ2v) is 3.86. The van der Waals surface area contributed by atoms with E-state index in [1.165, 1.54) is 0 Å². The van der Waals surface area contributed by atoms with Crippen LogP contribution in [0.2, 0.25) is 0 Å². The van der Waals surface area contributed by atoms with Gasteiger partial charge in [0.15, 0.2) is 5.82 Å². The Bertz CT molecular complexity index is 321. The molecule has 0 fully saturated rings. The van der Waals surface area contributed by atoms with Crippen LogP contribution in [0.5, 0.6) is 0 Å². The summed E-state index contributed by atoms with van der Waals surface area (Å²) in [5, 5.41) is 9.41. The number of nitrogens with two attached hydrogens (primary N) is 1. The molecular formula is C10H18N4O. The molecule has 1 heterocycles. The zero-order chi connectivity index (χ0) is 11.3. The molecule has 0 spiro atoms. The quantitative estimate of drug-likeness (QED) is 0.678. The first kappa shape index (κ1) is 11.7. The molecule has 5 heteroatoms. The van der Waals surface area contributed by atoms with E-state index in [0.29, 0.717) is 24.7 Å². The van der Waals surface area contributed by atoms with Crippen LogP contribution in [0.25, 0.3) is 0 Å². The fourth-order valence-electron chi connectivity index (χ4n) is 1.18. The van der Waals surface area contributed by atoms with E-state index in [-0.39, 0.29) is 5.91 Å². The van der Waals surface area contributed by atoms with Gasteiger partial charge in [0.1, 0.15) is 0 Å². The topological polar surface area (TPSA) is 83.8 Å². The summed E-state index contributed by atoms with van der Waals surface area (Å²) in [6, 6.07) is 1.80. The van der Waals surface area contributed by atoms with Gasteiger partial charge in [-0.05, 0) is 25.8 Å². The standard InChI is InChI=1S/C10H18N4O/c1-7(6-11)3-4-10(15)12-9-5-8(2)13-14-9/h5,7H,3-4,6,11H2,1-2H3,(H2,12,13,14,15). The van der Waals surface area contributed by atoms with E-state index < -0.39 is 0 Å². The third-order valence-electron chi connectivity index (χ3n) is 2.24. The fraction of sp³-hybridized carbons (Fsp3) is 0.600. The van der Waals surface area contributed by atoms with E-state index in [2.05, 4.69) is 15.5 Å². The number of H-pyrrole nitrogens is 1. The molecule has 84 valence electrons. The first-order valence-corrected chi connectivity index (χ1v) is 5.13. The summed E-state index contributed by atoms with van der Waals surface area (Å²) < 4.78 is 0. The normalized spacial score (nSPS) is 12.5. The number of anilines is 1. The molecule has 1 aromatic rings. The van der Waals surface area contributed by atoms with Crippen LogP contribution in [0.4, 0.5) is 5.82 Å². The van der Waals surface area contributed by atoms with Gasteiger partial charge in [0.05, 0.1) is 0 Å². The molecule has 0 aliphatic heterocycles. The summed E-state index contributed by atoms with van der Waals surface area (Å²) in [6.07, 6.45) is 1.30. The van der Waals surface area contributed by atoms with Crippen molar-refractivity contribution in [3.8, 4) is 0 Å². The molecule has 15 heavy (non-hydrogen) atoms. The van der Waals surface area contributed by atoms with E-state index in [4.69, 9.17) is 5.73 Å². The highest BCUT2D eigenvalue weighted by Crippen LogP contribution is 2.07. The lowest BCUT2D eigenvalue weighted by molar-refractivity contribution is -0.116. The van der Waals surface area contributed by atoms with Crippen molar-refractivity contribution in [1.29, 1.82) is 0 Å². The number of hydrogen-bond donors (Lipinski definition) is 3. The molecule has 5 nitrogen and oxygen atoms in total. The Kier molecular flexibility index (Phi) is 4.30. The summed E-state index contributed by atoms with van der Waals surface area (Å²) in [5.41, 5.74) is 6.40. The predicted octanol–water partition coefficient (Wildman–Crippen LogP) is 1.03. The van der Waals surface area contributed by atoms with Crippen LogP contribution in [0.1, 0.15) is 25.5 Å². The summed E-state index contributed by atoms with van der Waals surface area (Å²) in [7, 11) is 0. The van der Waals surface area contributed by atoms with Crippen LogP contribution in [0.15, 0.2) is 6.07 Å². The molecule has 0 saturated heterocycles. The molecule has 0 radical (unpaired) electrons. The SMILES string of the molecule is Cc1cc(NC(=O)CCC(C)CN)n[nH]1. The van der Waals surface area contributed by atoms with Gasteiger partial charge in [-0.15, -0.1) is 0 Å². The van der Waals surface area contributed by atoms with Crippen LogP contribution in [0.3, 0.4) is 0 Å². The summed E-state index contributed by atoms with van der Waals surface area (Å²) in [4.78, 5) is 11.4. The summed E-state index contributed by atoms with van der Waals surface area (Å²) in [6.45, 7) is 4.54. The second-order valence-electron chi connectivity index (χ2n) is 3.86. The van der Waals surface area contributed by atoms with Gasteiger partial charge in [-0.25, -0.2) is 0 Å². The van der Waals surface area contributed by atoms with Crippen LogP contribution >= 0.6 is 0 Å². The Labute approximate surface area is 89.4 Å². The lowest BCUT2D eigenvalue weighted by Crippen LogP contribution is -2.16. The number of hydrogen-bond acceptors (Lipinski definition) is 3. The number of rotatable bonds is 5. The van der Waals surface area contributed by atoms with E-state index in [1.54, 1.807) is 6.07 Å². The van der Waals surface area contributed by atoms with Crippen LogP contribution in [-0.4, -0.2) is 22.6 Å². The lowest BCUT2D eigenvalue weighted by Gasteiger charge is -2.06. The first-order chi connectivity index (χ1) is 7.11. The van der Waals surface area contributed by atoms with E-state index >= 15 is 0 Å². The van der Waals surface area contributed by atoms with Crippen LogP contribution in [0, 0.1) is 12.8 Å². The highest BCUT2D eigenvalue weighted by molar-refractivity contribution is 5.89. The predicted molar refractivity (Wildman–Crippen MR) is 59.4 cm³/mol. The summed E-state index contributed by atoms with van der Waals surface area (Å²) >= 11 is 0. The molecule has 1 unspecified atom stereocenters. The average molecular weight is 210 g/mol. The van der Waals surface area contributed by atoms with Crippen molar-refractivity contribution in [1.82, 2.24) is 10.2 Å². The molecule has 0 saturated carbocycles. The minimum Gasteiger partial charge on any atom is -0.330 e. The number of aromatic amines is 1. The molecule has 1 aromatic heterocycles. The molecule has 1 atom stereocenters. The second kappa shape index (κ2) is 5.50. The molecule has 4 N–H and O–H groups in total. The Morgan fingerprint density at radius 1 is 1.73 bits per heavy atom. The van der Waals surface area contributed by atoms with Crippen molar-refractivity contribution in [3.63, 3.8) is 0 Å². The third kappa shape index (κ3) is 4.12. The number of aryl methyl sites for hydroxylation is 1. The number of carbonyl (C=O) groups is 1. The Morgan fingerprint density at radius 3 is 3.00 bits per heavy atom. The zero-order valence-corrected chi connectivity index (χ0v) is 9.21. The maximum atomic E-state index is 11.4. The van der Waals surface area contributed by atoms with E-state index in [0.717, 1.165) is 12.1 Å². The molecule has 0 aliphatic carbocycles. The molecule has 0 aliphatic rings. The average Bonchev–Trinajstić information content (AvgIpc) is 2.60. The lowest BCUT2D eigenvalue weighted by atomic mass is 10.1. The number of amides is 1. The van der Waals surface area contributed by atoms with Gasteiger partial charge < -0.3 is 11.1 Å². The number of carbonyl (C=O) groups excluding carboxylic acids is 1. The van der Waals surface area contributed by atoms with Crippen LogP contribution < -0.4 is 11.1 Å². The smallest absolute Gasteiger partial charge is 0.225 e.